The number of non-ortho nitro benzene ring substituents is 1. The third kappa shape index (κ3) is 8.25. The van der Waals surface area contributed by atoms with E-state index >= 15 is 0 Å². The monoisotopic (exact) mass is 390 g/mol. The average Bonchev–Trinajstić information content (AvgIpc) is 3.17. The molecule has 7 nitrogen and oxygen atoms in total. The fourth-order valence-electron chi connectivity index (χ4n) is 3.17. The molecule has 0 saturated carbocycles. The summed E-state index contributed by atoms with van der Waals surface area (Å²) in [6.45, 7) is 9.63. The van der Waals surface area contributed by atoms with Crippen molar-refractivity contribution in [2.24, 2.45) is 16.8 Å². The second-order valence-corrected chi connectivity index (χ2v) is 8.07. The van der Waals surface area contributed by atoms with E-state index in [-0.39, 0.29) is 10.6 Å². The van der Waals surface area contributed by atoms with Crippen molar-refractivity contribution in [1.29, 1.82) is 0 Å². The smallest absolute Gasteiger partial charge is 0.269 e. The van der Waals surface area contributed by atoms with E-state index in [4.69, 9.17) is 9.73 Å². The van der Waals surface area contributed by atoms with Crippen LogP contribution in [0.1, 0.15) is 52.0 Å². The lowest BCUT2D eigenvalue weighted by Gasteiger charge is -2.20. The van der Waals surface area contributed by atoms with Gasteiger partial charge in [-0.1, -0.05) is 38.8 Å². The maximum atomic E-state index is 10.8. The Morgan fingerprint density at radius 1 is 1.29 bits per heavy atom. The summed E-state index contributed by atoms with van der Waals surface area (Å²) in [5, 5.41) is 17.7. The van der Waals surface area contributed by atoms with Gasteiger partial charge in [0.05, 0.1) is 18.1 Å². The van der Waals surface area contributed by atoms with Gasteiger partial charge in [0, 0.05) is 37.2 Å². The molecule has 2 unspecified atom stereocenters. The van der Waals surface area contributed by atoms with Crippen LogP contribution in [0.2, 0.25) is 0 Å². The minimum Gasteiger partial charge on any atom is -0.381 e. The molecule has 1 heterocycles. The molecule has 1 aliphatic heterocycles. The Labute approximate surface area is 168 Å². The topological polar surface area (TPSA) is 88.8 Å². The van der Waals surface area contributed by atoms with Crippen LogP contribution in [0, 0.1) is 22.0 Å². The Morgan fingerprint density at radius 3 is 2.64 bits per heavy atom. The lowest BCUT2D eigenvalue weighted by Crippen LogP contribution is -2.44. The minimum atomic E-state index is -0.385. The van der Waals surface area contributed by atoms with Crippen molar-refractivity contribution in [3.8, 4) is 0 Å². The number of hydrogen-bond donors (Lipinski definition) is 2. The van der Waals surface area contributed by atoms with Gasteiger partial charge in [-0.2, -0.15) is 0 Å². The number of nitrogens with one attached hydrogen (secondary N) is 2. The quantitative estimate of drug-likeness (QED) is 0.274. The fourth-order valence-corrected chi connectivity index (χ4v) is 3.17. The van der Waals surface area contributed by atoms with Crippen molar-refractivity contribution in [1.82, 2.24) is 10.6 Å². The number of nitro groups is 1. The van der Waals surface area contributed by atoms with Crippen molar-refractivity contribution >= 4 is 11.6 Å². The lowest BCUT2D eigenvalue weighted by molar-refractivity contribution is -0.384. The van der Waals surface area contributed by atoms with Gasteiger partial charge >= 0.3 is 0 Å². The maximum Gasteiger partial charge on any atom is 0.269 e. The molecule has 1 aromatic rings. The van der Waals surface area contributed by atoms with Crippen LogP contribution >= 0.6 is 0 Å². The molecular weight excluding hydrogens is 356 g/mol. The van der Waals surface area contributed by atoms with E-state index in [9.17, 15) is 10.1 Å². The fraction of sp³-hybridized carbons (Fsp3) is 0.667. The first-order valence-corrected chi connectivity index (χ1v) is 10.3. The first-order chi connectivity index (χ1) is 13.4. The Morgan fingerprint density at radius 2 is 2.04 bits per heavy atom. The molecule has 7 heteroatoms. The summed E-state index contributed by atoms with van der Waals surface area (Å²) in [6, 6.07) is 6.90. The van der Waals surface area contributed by atoms with Crippen molar-refractivity contribution < 1.29 is 9.66 Å². The Hall–Kier alpha value is -2.15. The summed E-state index contributed by atoms with van der Waals surface area (Å²) in [7, 11) is 0. The zero-order chi connectivity index (χ0) is 20.4. The van der Waals surface area contributed by atoms with Gasteiger partial charge in [0.15, 0.2) is 5.96 Å². The molecule has 2 rings (SSSR count). The third-order valence-corrected chi connectivity index (χ3v) is 4.95. The van der Waals surface area contributed by atoms with Gasteiger partial charge in [0.2, 0.25) is 0 Å². The number of rotatable bonds is 10. The Kier molecular flexibility index (Phi) is 9.20. The molecule has 1 saturated heterocycles. The molecule has 156 valence electrons. The zero-order valence-electron chi connectivity index (χ0n) is 17.3. The van der Waals surface area contributed by atoms with Gasteiger partial charge in [0.25, 0.3) is 5.69 Å². The van der Waals surface area contributed by atoms with Crippen molar-refractivity contribution in [2.45, 2.75) is 59.0 Å². The largest absolute Gasteiger partial charge is 0.381 e. The molecule has 2 N–H and O–H groups in total. The third-order valence-electron chi connectivity index (χ3n) is 4.95. The molecule has 2 atom stereocenters. The summed E-state index contributed by atoms with van der Waals surface area (Å²) in [5.41, 5.74) is 1.05. The molecule has 1 aliphatic rings. The number of benzene rings is 1. The Balaban J connectivity index is 1.92. The molecular formula is C21H34N4O3. The van der Waals surface area contributed by atoms with E-state index in [1.54, 1.807) is 12.1 Å². The van der Waals surface area contributed by atoms with E-state index in [1.807, 2.05) is 0 Å². The predicted octanol–water partition coefficient (Wildman–Crippen LogP) is 3.88. The highest BCUT2D eigenvalue weighted by Gasteiger charge is 2.16. The van der Waals surface area contributed by atoms with Crippen molar-refractivity contribution in [3.63, 3.8) is 0 Å². The summed E-state index contributed by atoms with van der Waals surface area (Å²) in [6.07, 6.45) is 4.60. The van der Waals surface area contributed by atoms with E-state index in [1.165, 1.54) is 25.0 Å². The van der Waals surface area contributed by atoms with Crippen LogP contribution in [-0.4, -0.2) is 36.7 Å². The Bertz CT molecular complexity index is 625. The normalized spacial score (nSPS) is 18.3. The van der Waals surface area contributed by atoms with Crippen LogP contribution in [0.5, 0.6) is 0 Å². The van der Waals surface area contributed by atoms with Gasteiger partial charge in [-0.05, 0) is 31.2 Å². The summed E-state index contributed by atoms with van der Waals surface area (Å²) in [5.74, 6) is 2.04. The van der Waals surface area contributed by atoms with E-state index in [0.29, 0.717) is 18.5 Å². The summed E-state index contributed by atoms with van der Waals surface area (Å²) < 4.78 is 5.45. The number of guanidine groups is 1. The van der Waals surface area contributed by atoms with Gasteiger partial charge in [0.1, 0.15) is 0 Å². The number of aliphatic imine (C=N–C) groups is 1. The lowest BCUT2D eigenvalue weighted by atomic mass is 10.0. The van der Waals surface area contributed by atoms with Gasteiger partial charge in [-0.25, -0.2) is 4.99 Å². The number of nitrogens with zero attached hydrogens (tertiary/aromatic N) is 2. The average molecular weight is 391 g/mol. The number of hydrogen-bond acceptors (Lipinski definition) is 4. The standard InChI is InChI=1S/C21H34N4O3/c1-16(2)5-4-6-17(3)24-21(23-14-19-11-12-28-15-19)22-13-18-7-9-20(10-8-18)25(26)27/h7-10,16-17,19H,4-6,11-15H2,1-3H3,(H2,22,23,24). The second-order valence-electron chi connectivity index (χ2n) is 8.07. The van der Waals surface area contributed by atoms with Crippen LogP contribution in [-0.2, 0) is 11.3 Å². The van der Waals surface area contributed by atoms with Crippen LogP contribution in [0.3, 0.4) is 0 Å². The van der Waals surface area contributed by atoms with Crippen LogP contribution < -0.4 is 10.6 Å². The van der Waals surface area contributed by atoms with Gasteiger partial charge in [-0.3, -0.25) is 10.1 Å². The highest BCUT2D eigenvalue weighted by atomic mass is 16.6. The molecule has 0 aliphatic carbocycles. The highest BCUT2D eigenvalue weighted by Crippen LogP contribution is 2.13. The molecule has 28 heavy (non-hydrogen) atoms. The highest BCUT2D eigenvalue weighted by molar-refractivity contribution is 5.80. The molecule has 1 aromatic carbocycles. The SMILES string of the molecule is CC(C)CCCC(C)NC(=NCc1ccc([N+](=O)[O-])cc1)NCC1CCOC1. The van der Waals surface area contributed by atoms with E-state index in [2.05, 4.69) is 31.4 Å². The molecule has 0 amide bonds. The van der Waals surface area contributed by atoms with Gasteiger partial charge in [-0.15, -0.1) is 0 Å². The van der Waals surface area contributed by atoms with Crippen molar-refractivity contribution in [2.75, 3.05) is 19.8 Å². The number of ether oxygens (including phenoxy) is 1. The van der Waals surface area contributed by atoms with E-state index in [0.717, 1.165) is 50.0 Å². The molecule has 1 fully saturated rings. The first kappa shape index (κ1) is 22.1. The zero-order valence-corrected chi connectivity index (χ0v) is 17.3. The predicted molar refractivity (Wildman–Crippen MR) is 112 cm³/mol. The van der Waals surface area contributed by atoms with Crippen LogP contribution in [0.4, 0.5) is 5.69 Å². The molecule has 0 spiro atoms. The summed E-state index contributed by atoms with van der Waals surface area (Å²) >= 11 is 0. The molecule has 0 bridgehead atoms. The van der Waals surface area contributed by atoms with Crippen LogP contribution in [0.25, 0.3) is 0 Å². The van der Waals surface area contributed by atoms with Gasteiger partial charge < -0.3 is 15.4 Å². The second kappa shape index (κ2) is 11.6. The molecule has 0 radical (unpaired) electrons. The first-order valence-electron chi connectivity index (χ1n) is 10.3. The van der Waals surface area contributed by atoms with Crippen molar-refractivity contribution in [3.05, 3.63) is 39.9 Å². The molecule has 0 aromatic heterocycles. The minimum absolute atomic E-state index is 0.101. The maximum absolute atomic E-state index is 10.8. The summed E-state index contributed by atoms with van der Waals surface area (Å²) in [4.78, 5) is 15.1. The van der Waals surface area contributed by atoms with E-state index < -0.39 is 0 Å². The van der Waals surface area contributed by atoms with Crippen LogP contribution in [0.15, 0.2) is 29.3 Å². The number of nitro benzene ring substituents is 1.